The minimum atomic E-state index is -0.794. The number of likely N-dealkylation sites (tertiary alicyclic amines) is 1. The zero-order valence-corrected chi connectivity index (χ0v) is 18.5. The van der Waals surface area contributed by atoms with Crippen LogP contribution in [0, 0.1) is 5.41 Å². The molecule has 2 amide bonds. The van der Waals surface area contributed by atoms with Crippen molar-refractivity contribution in [2.75, 3.05) is 19.7 Å². The third kappa shape index (κ3) is 3.65. The number of aliphatic carboxylic acids is 1. The standard InChI is InChI=1S/C26H28N2O5/c29-23(28-15-13-26(24(30)31)12-5-10-22(26)28)11-14-27-25(32)33-16-21-19-8-3-1-6-17(19)18-7-2-4-9-20(18)21/h1-4,6-9,21-22H,5,10-16H2,(H,27,32)(H,30,31). The average Bonchev–Trinajstić information content (AvgIpc) is 3.48. The number of rotatable bonds is 6. The summed E-state index contributed by atoms with van der Waals surface area (Å²) in [6.45, 7) is 0.864. The van der Waals surface area contributed by atoms with Crippen LogP contribution in [0.1, 0.15) is 49.1 Å². The van der Waals surface area contributed by atoms with E-state index >= 15 is 0 Å². The van der Waals surface area contributed by atoms with E-state index in [1.54, 1.807) is 4.90 Å². The van der Waals surface area contributed by atoms with E-state index in [0.29, 0.717) is 19.4 Å². The SMILES string of the molecule is O=C(NCCC(=O)N1CCC2(C(=O)O)CCCC12)OCC1c2ccccc2-c2ccccc21. The first-order valence-corrected chi connectivity index (χ1v) is 11.6. The van der Waals surface area contributed by atoms with Crippen LogP contribution in [0.25, 0.3) is 11.1 Å². The molecule has 1 heterocycles. The highest BCUT2D eigenvalue weighted by Gasteiger charge is 2.56. The van der Waals surface area contributed by atoms with E-state index in [1.807, 2.05) is 24.3 Å². The van der Waals surface area contributed by atoms with Gasteiger partial charge in [-0.1, -0.05) is 55.0 Å². The Morgan fingerprint density at radius 1 is 1.03 bits per heavy atom. The van der Waals surface area contributed by atoms with Gasteiger partial charge >= 0.3 is 12.1 Å². The van der Waals surface area contributed by atoms with E-state index in [-0.39, 0.29) is 37.4 Å². The van der Waals surface area contributed by atoms with Gasteiger partial charge in [0.2, 0.25) is 5.91 Å². The summed E-state index contributed by atoms with van der Waals surface area (Å²) in [5.74, 6) is -0.915. The number of carbonyl (C=O) groups excluding carboxylic acids is 2. The van der Waals surface area contributed by atoms with Crippen LogP contribution in [0.3, 0.4) is 0 Å². The van der Waals surface area contributed by atoms with Gasteiger partial charge in [0, 0.05) is 31.5 Å². The van der Waals surface area contributed by atoms with Gasteiger partial charge in [-0.15, -0.1) is 0 Å². The molecule has 0 aromatic heterocycles. The van der Waals surface area contributed by atoms with Crippen LogP contribution >= 0.6 is 0 Å². The summed E-state index contributed by atoms with van der Waals surface area (Å²) in [6, 6.07) is 16.1. The summed E-state index contributed by atoms with van der Waals surface area (Å²) in [5.41, 5.74) is 3.85. The summed E-state index contributed by atoms with van der Waals surface area (Å²) in [4.78, 5) is 38.5. The van der Waals surface area contributed by atoms with Gasteiger partial charge in [-0.2, -0.15) is 0 Å². The molecule has 3 aliphatic rings. The molecule has 2 aromatic carbocycles. The van der Waals surface area contributed by atoms with Crippen molar-refractivity contribution < 1.29 is 24.2 Å². The van der Waals surface area contributed by atoms with Gasteiger partial charge in [-0.3, -0.25) is 9.59 Å². The van der Waals surface area contributed by atoms with Crippen molar-refractivity contribution >= 4 is 18.0 Å². The van der Waals surface area contributed by atoms with Gasteiger partial charge in [0.05, 0.1) is 5.41 Å². The number of hydrogen-bond acceptors (Lipinski definition) is 4. The lowest BCUT2D eigenvalue weighted by Crippen LogP contribution is -2.44. The Kier molecular flexibility index (Phi) is 5.56. The van der Waals surface area contributed by atoms with Crippen LogP contribution in [-0.4, -0.2) is 53.7 Å². The van der Waals surface area contributed by atoms with Crippen molar-refractivity contribution in [3.63, 3.8) is 0 Å². The van der Waals surface area contributed by atoms with Crippen molar-refractivity contribution in [2.24, 2.45) is 5.41 Å². The minimum Gasteiger partial charge on any atom is -0.481 e. The van der Waals surface area contributed by atoms with Crippen molar-refractivity contribution in [1.29, 1.82) is 0 Å². The summed E-state index contributed by atoms with van der Waals surface area (Å²) < 4.78 is 5.51. The first-order chi connectivity index (χ1) is 16.0. The fourth-order valence-corrected chi connectivity index (χ4v) is 5.99. The highest BCUT2D eigenvalue weighted by Crippen LogP contribution is 2.49. The highest BCUT2D eigenvalue weighted by molar-refractivity contribution is 5.83. The predicted octanol–water partition coefficient (Wildman–Crippen LogP) is 3.77. The van der Waals surface area contributed by atoms with Crippen molar-refractivity contribution in [3.8, 4) is 11.1 Å². The zero-order valence-electron chi connectivity index (χ0n) is 18.5. The Morgan fingerprint density at radius 3 is 2.36 bits per heavy atom. The Morgan fingerprint density at radius 2 is 1.70 bits per heavy atom. The van der Waals surface area contributed by atoms with E-state index < -0.39 is 17.5 Å². The smallest absolute Gasteiger partial charge is 0.407 e. The molecule has 1 saturated heterocycles. The maximum absolute atomic E-state index is 12.7. The maximum Gasteiger partial charge on any atom is 0.407 e. The van der Waals surface area contributed by atoms with Crippen LogP contribution in [-0.2, 0) is 14.3 Å². The number of carboxylic acid groups (broad SMARTS) is 1. The molecule has 7 heteroatoms. The molecule has 2 aliphatic carbocycles. The number of carbonyl (C=O) groups is 3. The molecule has 2 N–H and O–H groups in total. The van der Waals surface area contributed by atoms with Crippen LogP contribution < -0.4 is 5.32 Å². The Bertz CT molecular complexity index is 1050. The summed E-state index contributed by atoms with van der Waals surface area (Å²) in [5, 5.41) is 12.4. The fraction of sp³-hybridized carbons (Fsp3) is 0.423. The molecule has 1 aliphatic heterocycles. The molecule has 2 unspecified atom stereocenters. The summed E-state index contributed by atoms with van der Waals surface area (Å²) in [7, 11) is 0. The van der Waals surface area contributed by atoms with Crippen molar-refractivity contribution in [1.82, 2.24) is 10.2 Å². The quantitative estimate of drug-likeness (QED) is 0.701. The van der Waals surface area contributed by atoms with Gasteiger partial charge in [-0.25, -0.2) is 4.79 Å². The number of carboxylic acids is 1. The van der Waals surface area contributed by atoms with Crippen LogP contribution in [0.2, 0.25) is 0 Å². The second-order valence-corrected chi connectivity index (χ2v) is 9.21. The number of nitrogens with one attached hydrogen (secondary N) is 1. The Labute approximate surface area is 192 Å². The molecular weight excluding hydrogens is 420 g/mol. The molecule has 7 nitrogen and oxygen atoms in total. The average molecular weight is 449 g/mol. The molecule has 1 saturated carbocycles. The molecule has 0 spiro atoms. The Hall–Kier alpha value is -3.35. The van der Waals surface area contributed by atoms with E-state index in [2.05, 4.69) is 29.6 Å². The molecule has 0 bridgehead atoms. The number of hydrogen-bond donors (Lipinski definition) is 2. The molecule has 0 radical (unpaired) electrons. The zero-order chi connectivity index (χ0) is 23.0. The monoisotopic (exact) mass is 448 g/mol. The third-order valence-corrected chi connectivity index (χ3v) is 7.61. The molecule has 5 rings (SSSR count). The van der Waals surface area contributed by atoms with Crippen LogP contribution in [0.5, 0.6) is 0 Å². The number of fused-ring (bicyclic) bond motifs is 4. The molecular formula is C26H28N2O5. The van der Waals surface area contributed by atoms with Crippen molar-refractivity contribution in [2.45, 2.75) is 44.1 Å². The largest absolute Gasteiger partial charge is 0.481 e. The highest BCUT2D eigenvalue weighted by atomic mass is 16.5. The fourth-order valence-electron chi connectivity index (χ4n) is 5.99. The van der Waals surface area contributed by atoms with Crippen LogP contribution in [0.4, 0.5) is 4.79 Å². The Balaban J connectivity index is 1.13. The van der Waals surface area contributed by atoms with Crippen LogP contribution in [0.15, 0.2) is 48.5 Å². The van der Waals surface area contributed by atoms with E-state index in [9.17, 15) is 19.5 Å². The lowest BCUT2D eigenvalue weighted by Gasteiger charge is -2.28. The van der Waals surface area contributed by atoms with E-state index in [0.717, 1.165) is 24.0 Å². The van der Waals surface area contributed by atoms with E-state index in [1.165, 1.54) is 11.1 Å². The number of alkyl carbamates (subject to hydrolysis) is 1. The summed E-state index contributed by atoms with van der Waals surface area (Å²) >= 11 is 0. The van der Waals surface area contributed by atoms with E-state index in [4.69, 9.17) is 4.74 Å². The van der Waals surface area contributed by atoms with Gasteiger partial charge in [0.25, 0.3) is 0 Å². The lowest BCUT2D eigenvalue weighted by atomic mass is 9.82. The number of amides is 2. The first-order valence-electron chi connectivity index (χ1n) is 11.6. The van der Waals surface area contributed by atoms with Gasteiger partial charge in [-0.05, 0) is 41.5 Å². The molecule has 2 aromatic rings. The number of nitrogens with zero attached hydrogens (tertiary/aromatic N) is 1. The summed E-state index contributed by atoms with van der Waals surface area (Å²) in [6.07, 6.45) is 2.30. The second kappa shape index (κ2) is 8.54. The maximum atomic E-state index is 12.7. The second-order valence-electron chi connectivity index (χ2n) is 9.21. The van der Waals surface area contributed by atoms with Gasteiger partial charge < -0.3 is 20.1 Å². The normalized spacial score (nSPS) is 23.0. The molecule has 33 heavy (non-hydrogen) atoms. The molecule has 2 fully saturated rings. The third-order valence-electron chi connectivity index (χ3n) is 7.61. The van der Waals surface area contributed by atoms with Gasteiger partial charge in [0.15, 0.2) is 0 Å². The van der Waals surface area contributed by atoms with Gasteiger partial charge in [0.1, 0.15) is 6.61 Å². The number of ether oxygens (including phenoxy) is 1. The first kappa shape index (κ1) is 21.5. The van der Waals surface area contributed by atoms with Crippen molar-refractivity contribution in [3.05, 3.63) is 59.7 Å². The predicted molar refractivity (Wildman–Crippen MR) is 122 cm³/mol. The molecule has 2 atom stereocenters. The number of benzene rings is 2. The lowest BCUT2D eigenvalue weighted by molar-refractivity contribution is -0.150. The minimum absolute atomic E-state index is 0.0131. The molecule has 172 valence electrons. The topological polar surface area (TPSA) is 95.9 Å².